The summed E-state index contributed by atoms with van der Waals surface area (Å²) >= 11 is 6.06. The van der Waals surface area contributed by atoms with Gasteiger partial charge in [0.2, 0.25) is 0 Å². The van der Waals surface area contributed by atoms with Crippen molar-refractivity contribution in [3.63, 3.8) is 0 Å². The molecule has 96 valence electrons. The zero-order chi connectivity index (χ0) is 13.0. The molecule has 2 unspecified atom stereocenters. The predicted octanol–water partition coefficient (Wildman–Crippen LogP) is 1.49. The lowest BCUT2D eigenvalue weighted by atomic mass is 10.1. The van der Waals surface area contributed by atoms with Gasteiger partial charge in [0.05, 0.1) is 16.6 Å². The Morgan fingerprint density at radius 2 is 1.94 bits per heavy atom. The van der Waals surface area contributed by atoms with Gasteiger partial charge in [-0.05, 0) is 23.6 Å². The molecule has 17 heavy (non-hydrogen) atoms. The van der Waals surface area contributed by atoms with Crippen LogP contribution >= 0.6 is 11.6 Å². The van der Waals surface area contributed by atoms with Gasteiger partial charge in [-0.15, -0.1) is 0 Å². The molecule has 1 rings (SSSR count). The second-order valence-electron chi connectivity index (χ2n) is 3.66. The maximum Gasteiger partial charge on any atom is 0.0509 e. The first-order valence-corrected chi connectivity index (χ1v) is 8.68. The standard InChI is InChI=1S/C11H15ClO3S2/c1-16(14)7-9-10(12)4-3-8(5-6-13)11(9)17(2)15/h3-4,13H,5-7H2,1-2H3. The Morgan fingerprint density at radius 1 is 1.29 bits per heavy atom. The summed E-state index contributed by atoms with van der Waals surface area (Å²) in [6.45, 7) is -0.0134. The lowest BCUT2D eigenvalue weighted by Crippen LogP contribution is -2.06. The monoisotopic (exact) mass is 294 g/mol. The maximum absolute atomic E-state index is 11.8. The quantitative estimate of drug-likeness (QED) is 0.895. The van der Waals surface area contributed by atoms with Crippen LogP contribution in [0.5, 0.6) is 0 Å². The number of hydrogen-bond donors (Lipinski definition) is 1. The molecule has 0 saturated carbocycles. The number of halogens is 1. The first-order valence-electron chi connectivity index (χ1n) is 5.02. The van der Waals surface area contributed by atoms with E-state index in [0.717, 1.165) is 5.56 Å². The summed E-state index contributed by atoms with van der Waals surface area (Å²) in [5.41, 5.74) is 1.47. The number of aliphatic hydroxyl groups excluding tert-OH is 1. The van der Waals surface area contributed by atoms with Gasteiger partial charge in [0.25, 0.3) is 0 Å². The van der Waals surface area contributed by atoms with Gasteiger partial charge < -0.3 is 5.11 Å². The molecule has 0 heterocycles. The third kappa shape index (κ3) is 3.88. The number of rotatable bonds is 5. The van der Waals surface area contributed by atoms with Gasteiger partial charge in [0.1, 0.15) is 0 Å². The van der Waals surface area contributed by atoms with Crippen molar-refractivity contribution in [2.45, 2.75) is 17.1 Å². The minimum Gasteiger partial charge on any atom is -0.396 e. The van der Waals surface area contributed by atoms with Crippen molar-refractivity contribution in [1.29, 1.82) is 0 Å². The van der Waals surface area contributed by atoms with Gasteiger partial charge in [-0.25, -0.2) is 0 Å². The van der Waals surface area contributed by atoms with Crippen LogP contribution in [0.2, 0.25) is 5.02 Å². The van der Waals surface area contributed by atoms with Crippen molar-refractivity contribution in [2.75, 3.05) is 19.1 Å². The van der Waals surface area contributed by atoms with Crippen LogP contribution in [-0.2, 0) is 33.8 Å². The summed E-state index contributed by atoms with van der Waals surface area (Å²) in [5.74, 6) is 0.285. The Morgan fingerprint density at radius 3 is 2.41 bits per heavy atom. The molecular formula is C11H15ClO3S2. The molecule has 0 fully saturated rings. The largest absolute Gasteiger partial charge is 0.396 e. The molecule has 0 aromatic heterocycles. The van der Waals surface area contributed by atoms with Crippen LogP contribution in [-0.4, -0.2) is 32.6 Å². The lowest BCUT2D eigenvalue weighted by molar-refractivity contribution is 0.298. The Kier molecular flexibility index (Phi) is 5.79. The number of aliphatic hydroxyl groups is 1. The second-order valence-corrected chi connectivity index (χ2v) is 6.82. The van der Waals surface area contributed by atoms with Crippen LogP contribution in [0, 0.1) is 0 Å². The zero-order valence-electron chi connectivity index (χ0n) is 9.73. The third-order valence-corrected chi connectivity index (χ3v) is 4.43. The van der Waals surface area contributed by atoms with Gasteiger partial charge >= 0.3 is 0 Å². The Labute approximate surface area is 111 Å². The van der Waals surface area contributed by atoms with Crippen molar-refractivity contribution in [2.24, 2.45) is 0 Å². The van der Waals surface area contributed by atoms with Crippen molar-refractivity contribution in [3.05, 3.63) is 28.3 Å². The number of benzene rings is 1. The highest BCUT2D eigenvalue weighted by Gasteiger charge is 2.16. The first-order chi connectivity index (χ1) is 7.97. The molecule has 2 atom stereocenters. The summed E-state index contributed by atoms with van der Waals surface area (Å²) in [6, 6.07) is 3.46. The first kappa shape index (κ1) is 14.8. The van der Waals surface area contributed by atoms with E-state index in [0.29, 0.717) is 21.9 Å². The van der Waals surface area contributed by atoms with Gasteiger partial charge in [-0.2, -0.15) is 0 Å². The van der Waals surface area contributed by atoms with Crippen LogP contribution in [0.4, 0.5) is 0 Å². The maximum atomic E-state index is 11.8. The topological polar surface area (TPSA) is 54.4 Å². The normalized spacial score (nSPS) is 14.6. The third-order valence-electron chi connectivity index (χ3n) is 2.30. The fraction of sp³-hybridized carbons (Fsp3) is 0.455. The minimum atomic E-state index is -1.21. The molecule has 0 aliphatic carbocycles. The minimum absolute atomic E-state index is 0.0134. The highest BCUT2D eigenvalue weighted by Crippen LogP contribution is 2.27. The Hall–Kier alpha value is -0.230. The molecule has 0 aliphatic rings. The van der Waals surface area contributed by atoms with Crippen LogP contribution in [0.3, 0.4) is 0 Å². The summed E-state index contributed by atoms with van der Waals surface area (Å²) < 4.78 is 23.1. The predicted molar refractivity (Wildman–Crippen MR) is 72.3 cm³/mol. The fourth-order valence-electron chi connectivity index (χ4n) is 1.67. The van der Waals surface area contributed by atoms with E-state index in [1.54, 1.807) is 24.6 Å². The molecule has 1 aromatic carbocycles. The molecule has 0 aliphatic heterocycles. The molecule has 0 amide bonds. The molecule has 6 heteroatoms. The Bertz CT molecular complexity index is 460. The van der Waals surface area contributed by atoms with Crippen molar-refractivity contribution < 1.29 is 13.5 Å². The van der Waals surface area contributed by atoms with E-state index in [1.807, 2.05) is 0 Å². The highest BCUT2D eigenvalue weighted by molar-refractivity contribution is 7.85. The van der Waals surface area contributed by atoms with E-state index < -0.39 is 21.6 Å². The average Bonchev–Trinajstić information content (AvgIpc) is 2.22. The zero-order valence-corrected chi connectivity index (χ0v) is 12.1. The average molecular weight is 295 g/mol. The van der Waals surface area contributed by atoms with Crippen LogP contribution in [0.15, 0.2) is 17.0 Å². The fourth-order valence-corrected chi connectivity index (χ4v) is 3.89. The molecule has 0 saturated heterocycles. The molecule has 1 N–H and O–H groups in total. The van der Waals surface area contributed by atoms with Crippen molar-refractivity contribution in [3.8, 4) is 0 Å². The lowest BCUT2D eigenvalue weighted by Gasteiger charge is -2.13. The van der Waals surface area contributed by atoms with Crippen LogP contribution < -0.4 is 0 Å². The molecule has 0 spiro atoms. The Balaban J connectivity index is 3.37. The summed E-state index contributed by atoms with van der Waals surface area (Å²) in [4.78, 5) is 0.613. The molecule has 0 radical (unpaired) electrons. The highest BCUT2D eigenvalue weighted by atomic mass is 35.5. The SMILES string of the molecule is CS(=O)Cc1c(Cl)ccc(CCO)c1S(C)=O. The van der Waals surface area contributed by atoms with Crippen molar-refractivity contribution in [1.82, 2.24) is 0 Å². The van der Waals surface area contributed by atoms with E-state index in [1.165, 1.54) is 0 Å². The van der Waals surface area contributed by atoms with Gasteiger partial charge in [-0.1, -0.05) is 17.7 Å². The van der Waals surface area contributed by atoms with E-state index in [4.69, 9.17) is 16.7 Å². The molecule has 3 nitrogen and oxygen atoms in total. The summed E-state index contributed by atoms with van der Waals surface area (Å²) in [6.07, 6.45) is 3.57. The molecular weight excluding hydrogens is 280 g/mol. The van der Waals surface area contributed by atoms with E-state index >= 15 is 0 Å². The van der Waals surface area contributed by atoms with Crippen LogP contribution in [0.1, 0.15) is 11.1 Å². The van der Waals surface area contributed by atoms with Gasteiger partial charge in [-0.3, -0.25) is 8.42 Å². The second kappa shape index (κ2) is 6.64. The molecule has 0 bridgehead atoms. The number of hydrogen-bond acceptors (Lipinski definition) is 3. The smallest absolute Gasteiger partial charge is 0.0509 e. The van der Waals surface area contributed by atoms with E-state index in [-0.39, 0.29) is 12.4 Å². The van der Waals surface area contributed by atoms with Gasteiger partial charge in [0.15, 0.2) is 0 Å². The summed E-state index contributed by atoms with van der Waals surface area (Å²) in [5, 5.41) is 9.45. The van der Waals surface area contributed by atoms with E-state index in [2.05, 4.69) is 0 Å². The van der Waals surface area contributed by atoms with E-state index in [9.17, 15) is 8.42 Å². The molecule has 1 aromatic rings. The van der Waals surface area contributed by atoms with Crippen molar-refractivity contribution >= 4 is 33.2 Å². The summed E-state index contributed by atoms with van der Waals surface area (Å²) in [7, 11) is -2.26. The van der Waals surface area contributed by atoms with Gasteiger partial charge in [0, 0.05) is 39.8 Å². The van der Waals surface area contributed by atoms with Crippen LogP contribution in [0.25, 0.3) is 0 Å².